The highest BCUT2D eigenvalue weighted by Gasteiger charge is 2.51. The molecular formula is C23H29ClN4O4. The number of amides is 2. The summed E-state index contributed by atoms with van der Waals surface area (Å²) in [4.78, 5) is 33.7. The fourth-order valence-corrected chi connectivity index (χ4v) is 5.50. The predicted octanol–water partition coefficient (Wildman–Crippen LogP) is 2.58. The lowest BCUT2D eigenvalue weighted by molar-refractivity contribution is -0.139. The average molecular weight is 461 g/mol. The number of anilines is 1. The molecule has 2 N–H and O–H groups in total. The molecule has 2 aliphatic heterocycles. The van der Waals surface area contributed by atoms with Crippen LogP contribution in [0.2, 0.25) is 5.02 Å². The van der Waals surface area contributed by atoms with Crippen molar-refractivity contribution >= 4 is 29.4 Å². The standard InChI is InChI=1S/C23H29ClN4O4/c1-2-10-25-22(31)32-18-13-19(24)20(26-14-18)27-11-3-8-23(15-27)9-12-28(21(23)30)16-4-6-17(29)7-5-16/h1,13-14,16-17,29H,3-12,15H2,(H,25,31). The van der Waals surface area contributed by atoms with E-state index in [1.165, 1.54) is 6.20 Å². The van der Waals surface area contributed by atoms with Crippen LogP contribution in [0.25, 0.3) is 0 Å². The lowest BCUT2D eigenvalue weighted by Crippen LogP contribution is -2.50. The molecule has 8 nitrogen and oxygen atoms in total. The van der Waals surface area contributed by atoms with Gasteiger partial charge in [0.2, 0.25) is 5.91 Å². The number of likely N-dealkylation sites (tertiary alicyclic amines) is 1. The molecule has 172 valence electrons. The van der Waals surface area contributed by atoms with Crippen molar-refractivity contribution in [3.05, 3.63) is 17.3 Å². The van der Waals surface area contributed by atoms with E-state index >= 15 is 0 Å². The molecule has 0 aromatic carbocycles. The van der Waals surface area contributed by atoms with Gasteiger partial charge in [0, 0.05) is 31.7 Å². The van der Waals surface area contributed by atoms with Crippen LogP contribution < -0.4 is 15.0 Å². The van der Waals surface area contributed by atoms with Crippen molar-refractivity contribution in [3.63, 3.8) is 0 Å². The van der Waals surface area contributed by atoms with Crippen LogP contribution in [0, 0.1) is 17.8 Å². The maximum Gasteiger partial charge on any atom is 0.413 e. The zero-order valence-corrected chi connectivity index (χ0v) is 18.8. The number of carbonyl (C=O) groups excluding carboxylic acids is 2. The van der Waals surface area contributed by atoms with Gasteiger partial charge in [-0.15, -0.1) is 6.42 Å². The molecule has 2 amide bonds. The molecule has 1 aliphatic carbocycles. The molecule has 2 saturated heterocycles. The van der Waals surface area contributed by atoms with Crippen LogP contribution >= 0.6 is 11.6 Å². The second-order valence-electron chi connectivity index (χ2n) is 8.94. The van der Waals surface area contributed by atoms with E-state index in [2.05, 4.69) is 26.0 Å². The van der Waals surface area contributed by atoms with Crippen LogP contribution in [-0.2, 0) is 4.79 Å². The first-order chi connectivity index (χ1) is 15.4. The number of hydrogen-bond acceptors (Lipinski definition) is 6. The van der Waals surface area contributed by atoms with Crippen molar-refractivity contribution in [2.45, 2.75) is 57.1 Å². The van der Waals surface area contributed by atoms with Crippen LogP contribution in [0.1, 0.15) is 44.9 Å². The van der Waals surface area contributed by atoms with Crippen molar-refractivity contribution in [2.24, 2.45) is 5.41 Å². The van der Waals surface area contributed by atoms with E-state index in [0.29, 0.717) is 17.4 Å². The van der Waals surface area contributed by atoms with Gasteiger partial charge in [-0.1, -0.05) is 17.5 Å². The maximum atomic E-state index is 13.5. The molecule has 0 radical (unpaired) electrons. The molecule has 1 unspecified atom stereocenters. The number of piperidine rings is 1. The molecule has 3 fully saturated rings. The number of pyridine rings is 1. The van der Waals surface area contributed by atoms with E-state index in [0.717, 1.165) is 58.0 Å². The maximum absolute atomic E-state index is 13.5. The largest absolute Gasteiger partial charge is 0.413 e. The summed E-state index contributed by atoms with van der Waals surface area (Å²) in [5.41, 5.74) is -0.413. The van der Waals surface area contributed by atoms with Crippen molar-refractivity contribution in [1.29, 1.82) is 0 Å². The van der Waals surface area contributed by atoms with E-state index < -0.39 is 11.5 Å². The third-order valence-corrected chi connectivity index (χ3v) is 7.15. The minimum Gasteiger partial charge on any atom is -0.409 e. The summed E-state index contributed by atoms with van der Waals surface area (Å²) in [6, 6.07) is 1.79. The summed E-state index contributed by atoms with van der Waals surface area (Å²) in [6.45, 7) is 2.18. The van der Waals surface area contributed by atoms with Crippen LogP contribution in [0.5, 0.6) is 5.75 Å². The first-order valence-corrected chi connectivity index (χ1v) is 11.6. The molecule has 3 heterocycles. The highest BCUT2D eigenvalue weighted by molar-refractivity contribution is 6.33. The fraction of sp³-hybridized carbons (Fsp3) is 0.609. The first-order valence-electron chi connectivity index (χ1n) is 11.2. The van der Waals surface area contributed by atoms with E-state index in [1.807, 2.05) is 0 Å². The quantitative estimate of drug-likeness (QED) is 0.670. The molecule has 32 heavy (non-hydrogen) atoms. The number of aliphatic hydroxyl groups excluding tert-OH is 1. The van der Waals surface area contributed by atoms with Gasteiger partial charge in [0.15, 0.2) is 5.75 Å². The summed E-state index contributed by atoms with van der Waals surface area (Å²) in [7, 11) is 0. The molecule has 1 spiro atoms. The smallest absolute Gasteiger partial charge is 0.409 e. The Bertz CT molecular complexity index is 912. The van der Waals surface area contributed by atoms with E-state index in [9.17, 15) is 14.7 Å². The summed E-state index contributed by atoms with van der Waals surface area (Å²) >= 11 is 6.48. The fourth-order valence-electron chi connectivity index (χ4n) is 5.23. The second kappa shape index (κ2) is 9.55. The van der Waals surface area contributed by atoms with E-state index in [4.69, 9.17) is 22.8 Å². The monoisotopic (exact) mass is 460 g/mol. The molecule has 0 bridgehead atoms. The van der Waals surface area contributed by atoms with Crippen LogP contribution in [-0.4, -0.2) is 65.3 Å². The summed E-state index contributed by atoms with van der Waals surface area (Å²) < 4.78 is 5.15. The second-order valence-corrected chi connectivity index (χ2v) is 9.35. The van der Waals surface area contributed by atoms with Crippen molar-refractivity contribution in [3.8, 4) is 18.1 Å². The van der Waals surface area contributed by atoms with Gasteiger partial charge in [0.05, 0.1) is 29.3 Å². The number of nitrogens with zero attached hydrogens (tertiary/aromatic N) is 3. The Kier molecular flexibility index (Phi) is 6.77. The number of rotatable bonds is 4. The number of terminal acetylenes is 1. The minimum atomic E-state index is -0.669. The SMILES string of the molecule is C#CCNC(=O)Oc1cnc(N2CCCC3(CCN(C4CCC(O)CC4)C3=O)C2)c(Cl)c1. The highest BCUT2D eigenvalue weighted by atomic mass is 35.5. The van der Waals surface area contributed by atoms with Gasteiger partial charge >= 0.3 is 6.09 Å². The van der Waals surface area contributed by atoms with E-state index in [-0.39, 0.29) is 30.3 Å². The third-order valence-electron chi connectivity index (χ3n) is 6.87. The molecule has 9 heteroatoms. The van der Waals surface area contributed by atoms with Gasteiger partial charge in [0.25, 0.3) is 0 Å². The zero-order chi connectivity index (χ0) is 22.7. The Hall–Kier alpha value is -2.50. The first kappa shape index (κ1) is 22.7. The lowest BCUT2D eigenvalue weighted by Gasteiger charge is -2.41. The predicted molar refractivity (Wildman–Crippen MR) is 121 cm³/mol. The minimum absolute atomic E-state index is 0.0699. The Morgan fingerprint density at radius 3 is 2.84 bits per heavy atom. The van der Waals surface area contributed by atoms with Crippen LogP contribution in [0.15, 0.2) is 12.3 Å². The number of aromatic nitrogens is 1. The van der Waals surface area contributed by atoms with E-state index in [1.54, 1.807) is 6.07 Å². The Labute approximate surface area is 193 Å². The van der Waals surface area contributed by atoms with Crippen molar-refractivity contribution in [1.82, 2.24) is 15.2 Å². The number of ether oxygens (including phenoxy) is 1. The molecule has 1 aromatic rings. The average Bonchev–Trinajstić information content (AvgIpc) is 3.08. The molecule has 1 aromatic heterocycles. The summed E-state index contributed by atoms with van der Waals surface area (Å²) in [5, 5.41) is 12.6. The lowest BCUT2D eigenvalue weighted by atomic mass is 9.78. The topological polar surface area (TPSA) is 95.0 Å². The number of carbonyl (C=O) groups is 2. The van der Waals surface area contributed by atoms with Gasteiger partial charge in [-0.25, -0.2) is 9.78 Å². The Balaban J connectivity index is 1.43. The Morgan fingerprint density at radius 1 is 1.34 bits per heavy atom. The van der Waals surface area contributed by atoms with Gasteiger partial charge in [-0.3, -0.25) is 4.79 Å². The molecule has 1 saturated carbocycles. The van der Waals surface area contributed by atoms with Gasteiger partial charge < -0.3 is 25.0 Å². The Morgan fingerprint density at radius 2 is 2.12 bits per heavy atom. The molecular weight excluding hydrogens is 432 g/mol. The number of hydrogen-bond donors (Lipinski definition) is 2. The van der Waals surface area contributed by atoms with Crippen molar-refractivity contribution in [2.75, 3.05) is 31.1 Å². The number of nitrogens with one attached hydrogen (secondary N) is 1. The number of aliphatic hydroxyl groups is 1. The normalized spacial score (nSPS) is 28.0. The van der Waals surface area contributed by atoms with Gasteiger partial charge in [0.1, 0.15) is 5.82 Å². The van der Waals surface area contributed by atoms with Gasteiger partial charge in [-0.2, -0.15) is 0 Å². The zero-order valence-electron chi connectivity index (χ0n) is 18.1. The van der Waals surface area contributed by atoms with Crippen molar-refractivity contribution < 1.29 is 19.4 Å². The number of halogens is 1. The summed E-state index contributed by atoms with van der Waals surface area (Å²) in [5.74, 6) is 3.34. The van der Waals surface area contributed by atoms with Gasteiger partial charge in [-0.05, 0) is 44.9 Å². The molecule has 1 atom stereocenters. The molecule has 4 rings (SSSR count). The third kappa shape index (κ3) is 4.64. The molecule has 3 aliphatic rings. The summed E-state index contributed by atoms with van der Waals surface area (Å²) in [6.07, 6.45) is 11.5. The van der Waals surface area contributed by atoms with Crippen LogP contribution in [0.3, 0.4) is 0 Å². The highest BCUT2D eigenvalue weighted by Crippen LogP contribution is 2.44. The van der Waals surface area contributed by atoms with Crippen LogP contribution in [0.4, 0.5) is 10.6 Å².